The lowest BCUT2D eigenvalue weighted by Gasteiger charge is -2.20. The Labute approximate surface area is 212 Å². The number of hydrogen-bond donors (Lipinski definition) is 1. The second-order valence-corrected chi connectivity index (χ2v) is 11.9. The van der Waals surface area contributed by atoms with E-state index in [-0.39, 0.29) is 41.1 Å². The van der Waals surface area contributed by atoms with Crippen LogP contribution in [-0.4, -0.2) is 36.6 Å². The van der Waals surface area contributed by atoms with Gasteiger partial charge in [0, 0.05) is 31.2 Å². The van der Waals surface area contributed by atoms with E-state index in [0.717, 1.165) is 42.8 Å². The molecule has 0 bridgehead atoms. The Morgan fingerprint density at radius 3 is 2.75 bits per heavy atom. The zero-order valence-corrected chi connectivity index (χ0v) is 21.1. The Morgan fingerprint density at radius 2 is 2.06 bits per heavy atom. The van der Waals surface area contributed by atoms with Crippen LogP contribution in [0.1, 0.15) is 48.5 Å². The fraction of sp³-hybridized carbons (Fsp3) is 0.400. The lowest BCUT2D eigenvalue weighted by atomic mass is 9.86. The molecule has 2 aromatic rings. The summed E-state index contributed by atoms with van der Waals surface area (Å²) in [5, 5.41) is 1.93. The van der Waals surface area contributed by atoms with Gasteiger partial charge in [-0.2, -0.15) is 13.2 Å². The van der Waals surface area contributed by atoms with Crippen molar-refractivity contribution in [3.05, 3.63) is 66.4 Å². The van der Waals surface area contributed by atoms with Crippen molar-refractivity contribution >= 4 is 39.0 Å². The van der Waals surface area contributed by atoms with Gasteiger partial charge in [-0.3, -0.25) is 9.59 Å². The van der Waals surface area contributed by atoms with Crippen molar-refractivity contribution < 1.29 is 31.2 Å². The largest absolute Gasteiger partial charge is 0.416 e. The van der Waals surface area contributed by atoms with E-state index in [2.05, 4.69) is 16.9 Å². The lowest BCUT2D eigenvalue weighted by molar-refractivity contribution is -0.137. The van der Waals surface area contributed by atoms with Gasteiger partial charge in [-0.15, -0.1) is 18.3 Å². The molecule has 1 aromatic carbocycles. The molecule has 1 fully saturated rings. The molecule has 1 saturated carbocycles. The molecular weight excluding hydrogens is 513 g/mol. The van der Waals surface area contributed by atoms with Crippen molar-refractivity contribution in [2.24, 2.45) is 5.92 Å². The number of ketones is 1. The number of alkyl halides is 3. The topological polar surface area (TPSA) is 93.2 Å². The van der Waals surface area contributed by atoms with Crippen LogP contribution < -0.4 is 5.32 Å². The molecule has 1 aliphatic rings. The zero-order valence-electron chi connectivity index (χ0n) is 19.5. The second-order valence-electron chi connectivity index (χ2n) is 8.60. The highest BCUT2D eigenvalue weighted by Crippen LogP contribution is 2.34. The maximum absolute atomic E-state index is 13.1. The first-order valence-corrected chi connectivity index (χ1v) is 14.1. The van der Waals surface area contributed by atoms with Gasteiger partial charge in [0.1, 0.15) is 16.1 Å². The highest BCUT2D eigenvalue weighted by atomic mass is 32.2. The minimum Gasteiger partial charge on any atom is -0.324 e. The summed E-state index contributed by atoms with van der Waals surface area (Å²) in [7, 11) is -3.87. The average Bonchev–Trinajstić information content (AvgIpc) is 2.80. The third kappa shape index (κ3) is 7.67. The summed E-state index contributed by atoms with van der Waals surface area (Å²) in [5.41, 5.74) is -0.495. The van der Waals surface area contributed by atoms with Crippen molar-refractivity contribution in [1.29, 1.82) is 0 Å². The van der Waals surface area contributed by atoms with E-state index in [0.29, 0.717) is 23.6 Å². The minimum atomic E-state index is -4.59. The molecule has 2 unspecified atom stereocenters. The highest BCUT2D eigenvalue weighted by Gasteiger charge is 2.32. The monoisotopic (exact) mass is 540 g/mol. The van der Waals surface area contributed by atoms with E-state index in [1.807, 2.05) is 0 Å². The fourth-order valence-electron chi connectivity index (χ4n) is 4.12. The first-order valence-electron chi connectivity index (χ1n) is 11.4. The van der Waals surface area contributed by atoms with Crippen molar-refractivity contribution in [2.75, 3.05) is 16.8 Å². The van der Waals surface area contributed by atoms with E-state index >= 15 is 0 Å². The van der Waals surface area contributed by atoms with Crippen molar-refractivity contribution in [2.45, 2.75) is 48.6 Å². The van der Waals surface area contributed by atoms with E-state index in [1.54, 1.807) is 12.1 Å². The maximum atomic E-state index is 13.1. The van der Waals surface area contributed by atoms with Crippen LogP contribution in [0.4, 0.5) is 18.9 Å². The summed E-state index contributed by atoms with van der Waals surface area (Å²) < 4.78 is 65.1. The predicted octanol–water partition coefficient (Wildman–Crippen LogP) is 5.62. The number of amides is 1. The molecule has 0 spiro atoms. The van der Waals surface area contributed by atoms with Crippen LogP contribution in [0.15, 0.2) is 60.3 Å². The normalized spacial score (nSPS) is 17.4. The van der Waals surface area contributed by atoms with E-state index in [1.165, 1.54) is 18.3 Å². The first-order chi connectivity index (χ1) is 17.0. The van der Waals surface area contributed by atoms with Gasteiger partial charge in [-0.05, 0) is 42.5 Å². The van der Waals surface area contributed by atoms with Crippen LogP contribution in [-0.2, 0) is 25.6 Å². The van der Waals surface area contributed by atoms with Crippen LogP contribution in [0.5, 0.6) is 0 Å². The summed E-state index contributed by atoms with van der Waals surface area (Å²) >= 11 is 1.12. The number of thioether (sulfide) groups is 1. The second kappa shape index (κ2) is 12.1. The summed E-state index contributed by atoms with van der Waals surface area (Å²) in [6.07, 6.45) is 0.832. The number of carbonyl (C=O) groups excluding carboxylic acids is 2. The molecular formula is C25H27F3N2O4S2. The number of anilines is 1. The molecule has 6 nitrogen and oxygen atoms in total. The molecule has 2 atom stereocenters. The van der Waals surface area contributed by atoms with E-state index < -0.39 is 26.8 Å². The Hall–Kier alpha value is -2.66. The number of rotatable bonds is 10. The summed E-state index contributed by atoms with van der Waals surface area (Å²) in [6.45, 7) is 3.51. The van der Waals surface area contributed by atoms with E-state index in [9.17, 15) is 31.2 Å². The minimum absolute atomic E-state index is 0.00296. The number of carbonyl (C=O) groups is 2. The molecule has 1 aromatic heterocycles. The fourth-order valence-corrected chi connectivity index (χ4v) is 7.09. The number of hydrogen-bond acceptors (Lipinski definition) is 6. The van der Waals surface area contributed by atoms with Crippen LogP contribution in [0.25, 0.3) is 0 Å². The molecule has 11 heteroatoms. The smallest absolute Gasteiger partial charge is 0.324 e. The van der Waals surface area contributed by atoms with Crippen LogP contribution in [0.2, 0.25) is 0 Å². The number of nitrogens with one attached hydrogen (secondary N) is 1. The van der Waals surface area contributed by atoms with Gasteiger partial charge in [0.05, 0.1) is 17.0 Å². The Bertz CT molecular complexity index is 1220. The Balaban J connectivity index is 1.63. The van der Waals surface area contributed by atoms with Gasteiger partial charge >= 0.3 is 6.18 Å². The molecule has 194 valence electrons. The number of benzene rings is 1. The number of pyridine rings is 1. The average molecular weight is 541 g/mol. The van der Waals surface area contributed by atoms with Gasteiger partial charge < -0.3 is 5.32 Å². The SMILES string of the molecule is C=CC(c1cccc(C(F)(F)F)c1)S(=O)(=O)CCSc1ncccc1NC(=O)CC1CCCC(=O)C1. The molecule has 1 heterocycles. The van der Waals surface area contributed by atoms with Crippen molar-refractivity contribution in [3.63, 3.8) is 0 Å². The quantitative estimate of drug-likeness (QED) is 0.311. The van der Waals surface area contributed by atoms with Gasteiger partial charge in [0.25, 0.3) is 0 Å². The molecule has 0 aliphatic heterocycles. The molecule has 0 saturated heterocycles. The van der Waals surface area contributed by atoms with Crippen LogP contribution in [0, 0.1) is 5.92 Å². The number of halogens is 3. The lowest BCUT2D eigenvalue weighted by Crippen LogP contribution is -2.22. The molecule has 36 heavy (non-hydrogen) atoms. The molecule has 3 rings (SSSR count). The van der Waals surface area contributed by atoms with Gasteiger partial charge in [0.2, 0.25) is 5.91 Å². The van der Waals surface area contributed by atoms with Gasteiger partial charge in [-0.25, -0.2) is 13.4 Å². The summed E-state index contributed by atoms with van der Waals surface area (Å²) in [6, 6.07) is 7.51. The molecule has 0 radical (unpaired) electrons. The zero-order chi connectivity index (χ0) is 26.3. The maximum Gasteiger partial charge on any atom is 0.416 e. The first kappa shape index (κ1) is 27.9. The molecule has 1 amide bonds. The Morgan fingerprint density at radius 1 is 1.28 bits per heavy atom. The van der Waals surface area contributed by atoms with Crippen molar-refractivity contribution in [1.82, 2.24) is 4.98 Å². The summed E-state index contributed by atoms with van der Waals surface area (Å²) in [5.74, 6) is -0.327. The standard InChI is InChI=1S/C25H27F3N2O4S2/c1-2-22(18-7-4-8-19(16-18)25(26,27)28)36(33,34)13-12-35-24-21(10-5-11-29-24)30-23(32)15-17-6-3-9-20(31)14-17/h2,4-5,7-8,10-11,16-17,22H,1,3,6,9,12-15H2,(H,30,32). The van der Waals surface area contributed by atoms with Gasteiger partial charge in [-0.1, -0.05) is 24.3 Å². The molecule has 1 N–H and O–H groups in total. The van der Waals surface area contributed by atoms with Crippen molar-refractivity contribution in [3.8, 4) is 0 Å². The van der Waals surface area contributed by atoms with Crippen LogP contribution in [0.3, 0.4) is 0 Å². The number of aromatic nitrogens is 1. The van der Waals surface area contributed by atoms with E-state index in [4.69, 9.17) is 0 Å². The Kier molecular flexibility index (Phi) is 9.35. The molecule has 1 aliphatic carbocycles. The van der Waals surface area contributed by atoms with Crippen LogP contribution >= 0.6 is 11.8 Å². The highest BCUT2D eigenvalue weighted by molar-refractivity contribution is 8.00. The third-order valence-electron chi connectivity index (χ3n) is 5.85. The number of Topliss-reactive ketones (excluding diaryl/α,β-unsaturated/α-hetero) is 1. The predicted molar refractivity (Wildman–Crippen MR) is 133 cm³/mol. The summed E-state index contributed by atoms with van der Waals surface area (Å²) in [4.78, 5) is 28.4. The van der Waals surface area contributed by atoms with Gasteiger partial charge in [0.15, 0.2) is 9.84 Å². The number of nitrogens with zero attached hydrogens (tertiary/aromatic N) is 1. The third-order valence-corrected chi connectivity index (χ3v) is 9.13. The number of sulfone groups is 1.